The van der Waals surface area contributed by atoms with E-state index < -0.39 is 0 Å². The van der Waals surface area contributed by atoms with Gasteiger partial charge in [0.05, 0.1) is 11.7 Å². The molecule has 0 radical (unpaired) electrons. The fourth-order valence-electron chi connectivity index (χ4n) is 5.37. The van der Waals surface area contributed by atoms with E-state index in [0.29, 0.717) is 25.3 Å². The van der Waals surface area contributed by atoms with Gasteiger partial charge in [0, 0.05) is 42.9 Å². The average molecular weight is 440 g/mol. The summed E-state index contributed by atoms with van der Waals surface area (Å²) in [5.74, 6) is 0.597. The molecule has 0 unspecified atom stereocenters. The summed E-state index contributed by atoms with van der Waals surface area (Å²) < 4.78 is 1.91. The van der Waals surface area contributed by atoms with E-state index >= 15 is 0 Å². The number of aromatic nitrogens is 3. The summed E-state index contributed by atoms with van der Waals surface area (Å²) in [7, 11) is 0. The SMILES string of the molecule is CCCNC(=O)CCc1c(C)nc2cc([C@H]3CCCCN3C(=O)C3CCCC3)nn2c1C. The first kappa shape index (κ1) is 22.7. The largest absolute Gasteiger partial charge is 0.356 e. The van der Waals surface area contributed by atoms with Crippen LogP contribution in [0.4, 0.5) is 0 Å². The normalized spacial score (nSPS) is 19.6. The Bertz CT molecular complexity index is 976. The van der Waals surface area contributed by atoms with Crippen molar-refractivity contribution in [3.63, 3.8) is 0 Å². The number of hydrogen-bond acceptors (Lipinski definition) is 4. The van der Waals surface area contributed by atoms with Gasteiger partial charge in [-0.05, 0) is 64.4 Å². The molecule has 3 heterocycles. The van der Waals surface area contributed by atoms with Crippen molar-refractivity contribution < 1.29 is 9.59 Å². The third-order valence-electron chi connectivity index (χ3n) is 7.19. The van der Waals surface area contributed by atoms with Crippen molar-refractivity contribution in [2.75, 3.05) is 13.1 Å². The maximum absolute atomic E-state index is 13.2. The van der Waals surface area contributed by atoms with Crippen molar-refractivity contribution in [1.82, 2.24) is 24.8 Å². The molecule has 2 amide bonds. The molecule has 32 heavy (non-hydrogen) atoms. The second-order valence-electron chi connectivity index (χ2n) is 9.47. The number of hydrogen-bond donors (Lipinski definition) is 1. The zero-order valence-electron chi connectivity index (χ0n) is 19.8. The van der Waals surface area contributed by atoms with Gasteiger partial charge >= 0.3 is 0 Å². The van der Waals surface area contributed by atoms with Crippen molar-refractivity contribution in [2.24, 2.45) is 5.92 Å². The van der Waals surface area contributed by atoms with Gasteiger partial charge in [-0.2, -0.15) is 5.10 Å². The molecule has 2 aromatic heterocycles. The Balaban J connectivity index is 1.57. The average Bonchev–Trinajstić information content (AvgIpc) is 3.47. The highest BCUT2D eigenvalue weighted by Gasteiger charge is 2.35. The Morgan fingerprint density at radius 3 is 2.62 bits per heavy atom. The highest BCUT2D eigenvalue weighted by molar-refractivity contribution is 5.79. The first-order chi connectivity index (χ1) is 15.5. The molecule has 7 nitrogen and oxygen atoms in total. The Hall–Kier alpha value is -2.44. The van der Waals surface area contributed by atoms with Gasteiger partial charge < -0.3 is 10.2 Å². The molecular formula is C25H37N5O2. The third-order valence-corrected chi connectivity index (χ3v) is 7.19. The Morgan fingerprint density at radius 2 is 1.88 bits per heavy atom. The van der Waals surface area contributed by atoms with Crippen LogP contribution >= 0.6 is 0 Å². The van der Waals surface area contributed by atoms with Crippen molar-refractivity contribution in [2.45, 2.75) is 91.0 Å². The van der Waals surface area contributed by atoms with Crippen LogP contribution in [0.1, 0.15) is 93.4 Å². The van der Waals surface area contributed by atoms with Gasteiger partial charge in [0.1, 0.15) is 0 Å². The Morgan fingerprint density at radius 1 is 1.12 bits per heavy atom. The molecule has 0 spiro atoms. The number of amides is 2. The third kappa shape index (κ3) is 4.66. The number of rotatable bonds is 7. The summed E-state index contributed by atoms with van der Waals surface area (Å²) in [6.45, 7) is 7.66. The van der Waals surface area contributed by atoms with Crippen LogP contribution in [0.2, 0.25) is 0 Å². The van der Waals surface area contributed by atoms with E-state index in [9.17, 15) is 9.59 Å². The highest BCUT2D eigenvalue weighted by atomic mass is 16.2. The standard InChI is InChI=1S/C25H37N5O2/c1-4-14-26-24(31)13-12-20-17(2)27-23-16-21(28-30(23)18(20)3)22-11-7-8-15-29(22)25(32)19-9-5-6-10-19/h16,19,22H,4-15H2,1-3H3,(H,26,31)/t22-/m1/s1. The second-order valence-corrected chi connectivity index (χ2v) is 9.47. The number of likely N-dealkylation sites (tertiary alicyclic amines) is 1. The smallest absolute Gasteiger partial charge is 0.226 e. The lowest BCUT2D eigenvalue weighted by atomic mass is 9.96. The number of carbonyl (C=O) groups excluding carboxylic acids is 2. The van der Waals surface area contributed by atoms with Crippen molar-refractivity contribution in [3.05, 3.63) is 28.7 Å². The molecule has 4 rings (SSSR count). The van der Waals surface area contributed by atoms with Crippen molar-refractivity contribution in [1.29, 1.82) is 0 Å². The van der Waals surface area contributed by atoms with Crippen LogP contribution < -0.4 is 5.32 Å². The summed E-state index contributed by atoms with van der Waals surface area (Å²) >= 11 is 0. The number of nitrogens with one attached hydrogen (secondary N) is 1. The molecular weight excluding hydrogens is 402 g/mol. The van der Waals surface area contributed by atoms with Gasteiger partial charge in [0.25, 0.3) is 0 Å². The van der Waals surface area contributed by atoms with Crippen LogP contribution in [0.3, 0.4) is 0 Å². The topological polar surface area (TPSA) is 79.6 Å². The maximum Gasteiger partial charge on any atom is 0.226 e. The molecule has 7 heteroatoms. The van der Waals surface area contributed by atoms with Crippen LogP contribution in [-0.4, -0.2) is 44.4 Å². The molecule has 2 aromatic rings. The molecule has 1 saturated heterocycles. The number of carbonyl (C=O) groups is 2. The fourth-order valence-corrected chi connectivity index (χ4v) is 5.37. The second kappa shape index (κ2) is 10.0. The fraction of sp³-hybridized carbons (Fsp3) is 0.680. The molecule has 0 aromatic carbocycles. The lowest BCUT2D eigenvalue weighted by Gasteiger charge is -2.36. The number of aryl methyl sites for hydroxylation is 2. The number of nitrogens with zero attached hydrogens (tertiary/aromatic N) is 4. The van der Waals surface area contributed by atoms with Crippen LogP contribution in [0.15, 0.2) is 6.07 Å². The van der Waals surface area contributed by atoms with E-state index in [4.69, 9.17) is 10.1 Å². The monoisotopic (exact) mass is 439 g/mol. The summed E-state index contributed by atoms with van der Waals surface area (Å²) in [5, 5.41) is 7.88. The van der Waals surface area contributed by atoms with Crippen LogP contribution in [0.5, 0.6) is 0 Å². The summed E-state index contributed by atoms with van der Waals surface area (Å²) in [5.41, 5.74) is 4.84. The zero-order valence-corrected chi connectivity index (χ0v) is 19.8. The van der Waals surface area contributed by atoms with Gasteiger partial charge in [0.2, 0.25) is 11.8 Å². The van der Waals surface area contributed by atoms with Gasteiger partial charge in [-0.25, -0.2) is 9.50 Å². The van der Waals surface area contributed by atoms with Crippen LogP contribution in [0.25, 0.3) is 5.65 Å². The Kier molecular flexibility index (Phi) is 7.11. The van der Waals surface area contributed by atoms with E-state index in [-0.39, 0.29) is 17.9 Å². The first-order valence-electron chi connectivity index (χ1n) is 12.4. The lowest BCUT2D eigenvalue weighted by molar-refractivity contribution is -0.139. The number of piperidine rings is 1. The highest BCUT2D eigenvalue weighted by Crippen LogP contribution is 2.35. The van der Waals surface area contributed by atoms with Crippen LogP contribution in [-0.2, 0) is 16.0 Å². The molecule has 0 bridgehead atoms. The summed E-state index contributed by atoms with van der Waals surface area (Å²) in [4.78, 5) is 32.2. The molecule has 174 valence electrons. The van der Waals surface area contributed by atoms with Gasteiger partial charge in [-0.15, -0.1) is 0 Å². The maximum atomic E-state index is 13.2. The lowest BCUT2D eigenvalue weighted by Crippen LogP contribution is -2.41. The zero-order chi connectivity index (χ0) is 22.7. The summed E-state index contributed by atoms with van der Waals surface area (Å²) in [6, 6.07) is 2.10. The molecule has 1 aliphatic heterocycles. The predicted octanol–water partition coefficient (Wildman–Crippen LogP) is 4.05. The van der Waals surface area contributed by atoms with Gasteiger partial charge in [0.15, 0.2) is 5.65 Å². The molecule has 1 atom stereocenters. The molecule has 1 aliphatic carbocycles. The quantitative estimate of drug-likeness (QED) is 0.706. The van der Waals surface area contributed by atoms with E-state index in [0.717, 1.165) is 73.4 Å². The van der Waals surface area contributed by atoms with Gasteiger partial charge in [-0.3, -0.25) is 9.59 Å². The minimum Gasteiger partial charge on any atom is -0.356 e. The molecule has 2 fully saturated rings. The van der Waals surface area contributed by atoms with E-state index in [1.165, 1.54) is 12.8 Å². The van der Waals surface area contributed by atoms with Crippen molar-refractivity contribution >= 4 is 17.5 Å². The molecule has 2 aliphatic rings. The minimum atomic E-state index is 0.0431. The molecule has 1 N–H and O–H groups in total. The molecule has 1 saturated carbocycles. The van der Waals surface area contributed by atoms with E-state index in [2.05, 4.69) is 30.1 Å². The summed E-state index contributed by atoms with van der Waals surface area (Å²) in [6.07, 6.45) is 9.61. The minimum absolute atomic E-state index is 0.0431. The predicted molar refractivity (Wildman–Crippen MR) is 124 cm³/mol. The van der Waals surface area contributed by atoms with Gasteiger partial charge in [-0.1, -0.05) is 19.8 Å². The Labute approximate surface area is 191 Å². The first-order valence-corrected chi connectivity index (χ1v) is 12.4. The van der Waals surface area contributed by atoms with Crippen LogP contribution in [0, 0.1) is 19.8 Å². The number of fused-ring (bicyclic) bond motifs is 1. The van der Waals surface area contributed by atoms with Crippen molar-refractivity contribution in [3.8, 4) is 0 Å². The van der Waals surface area contributed by atoms with E-state index in [1.54, 1.807) is 0 Å². The van der Waals surface area contributed by atoms with E-state index in [1.807, 2.05) is 11.4 Å².